The van der Waals surface area contributed by atoms with Gasteiger partial charge in [-0.3, -0.25) is 0 Å². The molecule has 0 heterocycles. The first kappa shape index (κ1) is 25.3. The Bertz CT molecular complexity index is 459. The number of carbonyl (C=O) groups is 1. The van der Waals surface area contributed by atoms with Crippen molar-refractivity contribution in [2.45, 2.75) is 12.2 Å². The number of carboxylic acid groups (broad SMARTS) is 1. The van der Waals surface area contributed by atoms with Gasteiger partial charge in [-0.15, -0.1) is 0 Å². The van der Waals surface area contributed by atoms with E-state index in [1.807, 2.05) is 18.2 Å². The Balaban J connectivity index is 0.00000625. The van der Waals surface area contributed by atoms with Crippen molar-refractivity contribution in [3.63, 3.8) is 0 Å². The number of carboxylic acids is 1. The number of para-hydroxylation sites is 1. The van der Waals surface area contributed by atoms with Gasteiger partial charge in [0.1, 0.15) is 24.6 Å². The molecule has 0 aliphatic rings. The summed E-state index contributed by atoms with van der Waals surface area (Å²) in [5.41, 5.74) is 0. The molecule has 0 bridgehead atoms. The van der Waals surface area contributed by atoms with E-state index < -0.39 is 24.8 Å². The number of ether oxygens (including phenoxy) is 5. The fourth-order valence-corrected chi connectivity index (χ4v) is 1.78. The summed E-state index contributed by atoms with van der Waals surface area (Å²) in [5, 5.41) is 20.3. The van der Waals surface area contributed by atoms with Gasteiger partial charge in [0.15, 0.2) is 0 Å². The van der Waals surface area contributed by atoms with Crippen LogP contribution in [0.4, 0.5) is 0 Å². The van der Waals surface area contributed by atoms with Crippen molar-refractivity contribution in [2.75, 3.05) is 53.4 Å². The van der Waals surface area contributed by atoms with Crippen LogP contribution in [0.1, 0.15) is 0 Å². The summed E-state index contributed by atoms with van der Waals surface area (Å²) in [6.45, 7) is 0.533. The quantitative estimate of drug-likeness (QED) is 0.244. The van der Waals surface area contributed by atoms with Gasteiger partial charge in [0.2, 0.25) is 0 Å². The van der Waals surface area contributed by atoms with Crippen LogP contribution < -0.4 is 39.4 Å². The third-order valence-electron chi connectivity index (χ3n) is 2.97. The summed E-state index contributed by atoms with van der Waals surface area (Å²) in [5.74, 6) is -0.659. The normalized spacial score (nSPS) is 12.8. The molecule has 1 N–H and O–H groups in total. The number of benzene rings is 1. The minimum Gasteiger partial charge on any atom is -0.548 e. The molecule has 26 heavy (non-hydrogen) atoms. The van der Waals surface area contributed by atoms with Gasteiger partial charge in [-0.25, -0.2) is 0 Å². The molecule has 2 atom stereocenters. The molecule has 0 radical (unpaired) electrons. The predicted octanol–water partition coefficient (Wildman–Crippen LogP) is -3.75. The van der Waals surface area contributed by atoms with E-state index in [0.717, 1.165) is 0 Å². The minimum atomic E-state index is -1.31. The third-order valence-corrected chi connectivity index (χ3v) is 2.97. The molecule has 0 aromatic heterocycles. The summed E-state index contributed by atoms with van der Waals surface area (Å²) in [7, 11) is 1.56. The van der Waals surface area contributed by atoms with Crippen molar-refractivity contribution < 1.29 is 68.2 Å². The fourth-order valence-electron chi connectivity index (χ4n) is 1.78. The van der Waals surface area contributed by atoms with Crippen LogP contribution in [0.15, 0.2) is 30.3 Å². The second-order valence-corrected chi connectivity index (χ2v) is 5.19. The Labute approximate surface area is 175 Å². The van der Waals surface area contributed by atoms with E-state index in [0.29, 0.717) is 19.0 Å². The molecule has 0 spiro atoms. The van der Waals surface area contributed by atoms with Crippen LogP contribution >= 0.6 is 0 Å². The van der Waals surface area contributed by atoms with Gasteiger partial charge < -0.3 is 38.7 Å². The van der Waals surface area contributed by atoms with Crippen molar-refractivity contribution >= 4 is 5.97 Å². The molecule has 0 saturated carbocycles. The van der Waals surface area contributed by atoms with Crippen LogP contribution in [0.2, 0.25) is 0 Å². The van der Waals surface area contributed by atoms with Crippen molar-refractivity contribution in [3.8, 4) is 5.75 Å². The molecule has 142 valence electrons. The smallest absolute Gasteiger partial charge is 0.548 e. The van der Waals surface area contributed by atoms with Crippen LogP contribution in [0.25, 0.3) is 0 Å². The molecule has 1 aromatic carbocycles. The summed E-state index contributed by atoms with van der Waals surface area (Å²) in [6.07, 6.45) is -1.37. The van der Waals surface area contributed by atoms with Gasteiger partial charge >= 0.3 is 29.6 Å². The summed E-state index contributed by atoms with van der Waals surface area (Å²) < 4.78 is 26.1. The average molecular weight is 380 g/mol. The van der Waals surface area contributed by atoms with Gasteiger partial charge in [-0.05, 0) is 12.1 Å². The zero-order chi connectivity index (χ0) is 18.3. The first-order chi connectivity index (χ1) is 12.1. The zero-order valence-corrected chi connectivity index (χ0v) is 17.3. The van der Waals surface area contributed by atoms with Gasteiger partial charge in [0, 0.05) is 7.11 Å². The van der Waals surface area contributed by atoms with Crippen molar-refractivity contribution in [3.05, 3.63) is 30.3 Å². The number of aliphatic hydroxyl groups excluding tert-OH is 1. The topological polar surface area (TPSA) is 107 Å². The molecule has 2 unspecified atom stereocenters. The van der Waals surface area contributed by atoms with Gasteiger partial charge in [-0.2, -0.15) is 0 Å². The summed E-state index contributed by atoms with van der Waals surface area (Å²) in [6, 6.07) is 9.11. The van der Waals surface area contributed by atoms with E-state index in [2.05, 4.69) is 0 Å². The Morgan fingerprint density at radius 3 is 2.42 bits per heavy atom. The molecule has 0 amide bonds. The van der Waals surface area contributed by atoms with Crippen LogP contribution in [0.5, 0.6) is 5.75 Å². The molecule has 0 fully saturated rings. The standard InChI is InChI=1S/C17H26O8.Na/c1-21-7-8-22-11-16(12-23-13-17(19)20)25-10-14(18)9-24-15-5-3-2-4-6-15;/h2-6,14,16,18H,7-13H2,1H3,(H,19,20);/q;+1/p-1. The van der Waals surface area contributed by atoms with Crippen LogP contribution in [-0.4, -0.2) is 76.6 Å². The van der Waals surface area contributed by atoms with E-state index in [1.54, 1.807) is 19.2 Å². The molecule has 1 aromatic rings. The largest absolute Gasteiger partial charge is 1.00 e. The summed E-state index contributed by atoms with van der Waals surface area (Å²) >= 11 is 0. The molecule has 0 aliphatic carbocycles. The Morgan fingerprint density at radius 1 is 1.08 bits per heavy atom. The molecular formula is C17H25NaO8. The van der Waals surface area contributed by atoms with E-state index in [4.69, 9.17) is 23.7 Å². The first-order valence-electron chi connectivity index (χ1n) is 7.93. The van der Waals surface area contributed by atoms with Crippen LogP contribution in [0, 0.1) is 0 Å². The first-order valence-corrected chi connectivity index (χ1v) is 7.93. The zero-order valence-electron chi connectivity index (χ0n) is 15.3. The summed E-state index contributed by atoms with van der Waals surface area (Å²) in [4.78, 5) is 10.4. The number of aliphatic hydroxyl groups is 1. The SMILES string of the molecule is COCCOCC(COCC(=O)[O-])OCC(O)COc1ccccc1.[Na+]. The molecular weight excluding hydrogens is 355 g/mol. The maximum absolute atomic E-state index is 10.4. The Morgan fingerprint density at radius 2 is 1.77 bits per heavy atom. The monoisotopic (exact) mass is 380 g/mol. The number of methoxy groups -OCH3 is 1. The van der Waals surface area contributed by atoms with Crippen molar-refractivity contribution in [2.24, 2.45) is 0 Å². The van der Waals surface area contributed by atoms with E-state index in [-0.39, 0.29) is 56.0 Å². The molecule has 0 saturated heterocycles. The number of rotatable bonds is 15. The average Bonchev–Trinajstić information content (AvgIpc) is 2.61. The maximum atomic E-state index is 10.4. The second-order valence-electron chi connectivity index (χ2n) is 5.19. The maximum Gasteiger partial charge on any atom is 1.00 e. The van der Waals surface area contributed by atoms with Crippen molar-refractivity contribution in [1.82, 2.24) is 0 Å². The van der Waals surface area contributed by atoms with Crippen molar-refractivity contribution in [1.29, 1.82) is 0 Å². The number of hydrogen-bond donors (Lipinski definition) is 1. The van der Waals surface area contributed by atoms with Gasteiger partial charge in [0.05, 0.1) is 45.6 Å². The Kier molecular flexibility index (Phi) is 16.0. The van der Waals surface area contributed by atoms with E-state index in [1.165, 1.54) is 0 Å². The molecule has 0 aliphatic heterocycles. The van der Waals surface area contributed by atoms with Crippen LogP contribution in [-0.2, 0) is 23.7 Å². The van der Waals surface area contributed by atoms with Gasteiger partial charge in [0.25, 0.3) is 0 Å². The number of aliphatic carboxylic acids is 1. The third kappa shape index (κ3) is 13.5. The number of carbonyl (C=O) groups excluding carboxylic acids is 1. The number of hydrogen-bond acceptors (Lipinski definition) is 8. The predicted molar refractivity (Wildman–Crippen MR) is 86.2 cm³/mol. The Hall–Kier alpha value is -0.710. The van der Waals surface area contributed by atoms with E-state index in [9.17, 15) is 15.0 Å². The van der Waals surface area contributed by atoms with Gasteiger partial charge in [-0.1, -0.05) is 18.2 Å². The fraction of sp³-hybridized carbons (Fsp3) is 0.588. The second kappa shape index (κ2) is 16.5. The van der Waals surface area contributed by atoms with E-state index >= 15 is 0 Å². The van der Waals surface area contributed by atoms with Crippen LogP contribution in [0.3, 0.4) is 0 Å². The minimum absolute atomic E-state index is 0. The molecule has 9 heteroatoms. The molecule has 8 nitrogen and oxygen atoms in total. The molecule has 1 rings (SSSR count).